The Morgan fingerprint density at radius 3 is 2.81 bits per heavy atom. The molecule has 10 nitrogen and oxygen atoms in total. The number of aliphatic imine (C=N–C) groups is 1. The van der Waals surface area contributed by atoms with Gasteiger partial charge >= 0.3 is 5.97 Å². The van der Waals surface area contributed by atoms with E-state index in [1.807, 2.05) is 0 Å². The van der Waals surface area contributed by atoms with Crippen molar-refractivity contribution in [3.8, 4) is 0 Å². The van der Waals surface area contributed by atoms with Crippen LogP contribution in [0.5, 0.6) is 0 Å². The predicted molar refractivity (Wildman–Crippen MR) is 138 cm³/mol. The quantitative estimate of drug-likeness (QED) is 0.482. The molecule has 0 spiro atoms. The molecule has 198 valence electrons. The summed E-state index contributed by atoms with van der Waals surface area (Å²) in [5.41, 5.74) is 0.861. The molecule has 14 heteroatoms. The minimum absolute atomic E-state index is 0.0153. The molecule has 1 amide bonds. The van der Waals surface area contributed by atoms with Crippen LogP contribution in [0.1, 0.15) is 23.5 Å². The normalized spacial score (nSPS) is 21.7. The van der Waals surface area contributed by atoms with E-state index in [-0.39, 0.29) is 41.8 Å². The number of nitrogens with one attached hydrogen (secondary N) is 2. The van der Waals surface area contributed by atoms with Crippen molar-refractivity contribution in [1.82, 2.24) is 20.5 Å². The van der Waals surface area contributed by atoms with Crippen LogP contribution in [0.15, 0.2) is 46.0 Å². The summed E-state index contributed by atoms with van der Waals surface area (Å²) in [6, 6.07) is 1.89. The lowest BCUT2D eigenvalue weighted by Gasteiger charge is -2.36. The number of nitrogens with zero attached hydrogens (tertiary/aromatic N) is 3. The van der Waals surface area contributed by atoms with Crippen LogP contribution in [0, 0.1) is 5.82 Å². The molecule has 1 saturated heterocycles. The van der Waals surface area contributed by atoms with Crippen molar-refractivity contribution in [2.24, 2.45) is 4.99 Å². The predicted octanol–water partition coefficient (Wildman–Crippen LogP) is 1.69. The van der Waals surface area contributed by atoms with E-state index in [0.29, 0.717) is 22.1 Å². The molecule has 2 aliphatic rings. The van der Waals surface area contributed by atoms with Crippen LogP contribution in [-0.4, -0.2) is 80.3 Å². The maximum atomic E-state index is 13.9. The van der Waals surface area contributed by atoms with Crippen LogP contribution in [0.3, 0.4) is 0 Å². The third kappa shape index (κ3) is 6.00. The third-order valence-electron chi connectivity index (χ3n) is 5.97. The summed E-state index contributed by atoms with van der Waals surface area (Å²) in [5.74, 6) is -1.80. The SMILES string of the molecule is CCOC(=O)C1=C(CN2CCS(=O)(=O)CC2C(=O)NC)NC(c2nccs2)=NC1c1ccc(F)cc1Cl. The second kappa shape index (κ2) is 11.3. The lowest BCUT2D eigenvalue weighted by atomic mass is 9.95. The van der Waals surface area contributed by atoms with E-state index in [1.54, 1.807) is 23.4 Å². The first kappa shape index (κ1) is 27.2. The number of amidine groups is 1. The number of hydrogen-bond acceptors (Lipinski definition) is 10. The van der Waals surface area contributed by atoms with Gasteiger partial charge in [0, 0.05) is 48.0 Å². The maximum Gasteiger partial charge on any atom is 0.338 e. The molecule has 2 N–H and O–H groups in total. The Hall–Kier alpha value is -2.87. The van der Waals surface area contributed by atoms with Gasteiger partial charge in [-0.1, -0.05) is 17.7 Å². The zero-order valence-electron chi connectivity index (χ0n) is 20.0. The fraction of sp³-hybridized carbons (Fsp3) is 0.391. The number of benzene rings is 1. The standard InChI is InChI=1S/C23H25ClFN5O5S2/c1-3-35-23(32)18-16(11-30-7-9-37(33,34)12-17(30)21(31)26-2)28-20(22-27-6-8-36-22)29-19(18)14-5-4-13(25)10-15(14)24/h4-6,8,10,17,19H,3,7,9,11-12H2,1-2H3,(H,26,31)(H,28,29). The van der Waals surface area contributed by atoms with Crippen molar-refractivity contribution >= 4 is 50.5 Å². The number of amides is 1. The number of thiazole rings is 1. The Bertz CT molecular complexity index is 1360. The van der Waals surface area contributed by atoms with Gasteiger partial charge < -0.3 is 15.4 Å². The molecule has 1 aromatic heterocycles. The molecule has 1 fully saturated rings. The largest absolute Gasteiger partial charge is 0.463 e. The van der Waals surface area contributed by atoms with E-state index < -0.39 is 39.6 Å². The number of rotatable bonds is 7. The monoisotopic (exact) mass is 569 g/mol. The summed E-state index contributed by atoms with van der Waals surface area (Å²) in [6.07, 6.45) is 1.60. The molecule has 37 heavy (non-hydrogen) atoms. The molecular weight excluding hydrogens is 545 g/mol. The number of carbonyl (C=O) groups excluding carboxylic acids is 2. The van der Waals surface area contributed by atoms with Crippen LogP contribution in [0.4, 0.5) is 4.39 Å². The van der Waals surface area contributed by atoms with Gasteiger partial charge in [-0.25, -0.2) is 22.6 Å². The lowest BCUT2D eigenvalue weighted by molar-refractivity contribution is -0.139. The minimum Gasteiger partial charge on any atom is -0.463 e. The van der Waals surface area contributed by atoms with Gasteiger partial charge in [0.05, 0.1) is 23.7 Å². The molecule has 0 aliphatic carbocycles. The molecule has 2 aliphatic heterocycles. The topological polar surface area (TPSA) is 130 Å². The number of esters is 1. The molecule has 2 atom stereocenters. The van der Waals surface area contributed by atoms with Gasteiger partial charge in [-0.15, -0.1) is 11.3 Å². The van der Waals surface area contributed by atoms with Crippen molar-refractivity contribution in [1.29, 1.82) is 0 Å². The van der Waals surface area contributed by atoms with Gasteiger partial charge in [0.25, 0.3) is 0 Å². The van der Waals surface area contributed by atoms with Gasteiger partial charge in [0.1, 0.15) is 17.9 Å². The summed E-state index contributed by atoms with van der Waals surface area (Å²) >= 11 is 7.71. The van der Waals surface area contributed by atoms with Crippen molar-refractivity contribution < 1.29 is 27.1 Å². The van der Waals surface area contributed by atoms with E-state index in [1.165, 1.54) is 30.5 Å². The zero-order chi connectivity index (χ0) is 26.7. The Labute approximate surface area is 222 Å². The molecule has 0 saturated carbocycles. The first-order chi connectivity index (χ1) is 17.6. The summed E-state index contributed by atoms with van der Waals surface area (Å²) in [7, 11) is -1.99. The number of carbonyl (C=O) groups is 2. The Morgan fingerprint density at radius 1 is 1.38 bits per heavy atom. The molecule has 2 aromatic rings. The molecule has 0 radical (unpaired) electrons. The van der Waals surface area contributed by atoms with Crippen LogP contribution in [0.25, 0.3) is 0 Å². The maximum absolute atomic E-state index is 13.9. The number of hydrogen-bond donors (Lipinski definition) is 2. The van der Waals surface area contributed by atoms with Crippen LogP contribution >= 0.6 is 22.9 Å². The summed E-state index contributed by atoms with van der Waals surface area (Å²) in [5, 5.41) is 8.04. The molecule has 3 heterocycles. The fourth-order valence-electron chi connectivity index (χ4n) is 4.21. The average Bonchev–Trinajstić information content (AvgIpc) is 3.39. The van der Waals surface area contributed by atoms with Gasteiger partial charge in [-0.3, -0.25) is 14.7 Å². The zero-order valence-corrected chi connectivity index (χ0v) is 22.4. The molecular formula is C23H25ClFN5O5S2. The number of halogens is 2. The number of sulfone groups is 1. The van der Waals surface area contributed by atoms with Gasteiger partial charge in [0.2, 0.25) is 5.91 Å². The smallest absolute Gasteiger partial charge is 0.338 e. The average molecular weight is 570 g/mol. The highest BCUT2D eigenvalue weighted by Gasteiger charge is 2.39. The van der Waals surface area contributed by atoms with E-state index in [0.717, 1.165) is 6.07 Å². The van der Waals surface area contributed by atoms with Crippen LogP contribution in [-0.2, 0) is 24.2 Å². The Kier molecular flexibility index (Phi) is 8.26. The van der Waals surface area contributed by atoms with Gasteiger partial charge in [-0.2, -0.15) is 0 Å². The van der Waals surface area contributed by atoms with Crippen LogP contribution in [0.2, 0.25) is 5.02 Å². The molecule has 1 aromatic carbocycles. The number of ether oxygens (including phenoxy) is 1. The Morgan fingerprint density at radius 2 is 2.16 bits per heavy atom. The van der Waals surface area contributed by atoms with Gasteiger partial charge in [0.15, 0.2) is 20.7 Å². The first-order valence-corrected chi connectivity index (χ1v) is 14.5. The van der Waals surface area contributed by atoms with Gasteiger partial charge in [-0.05, 0) is 19.1 Å². The van der Waals surface area contributed by atoms with Crippen molar-refractivity contribution in [3.05, 3.63) is 62.5 Å². The van der Waals surface area contributed by atoms with Crippen molar-refractivity contribution in [2.75, 3.05) is 38.2 Å². The number of likely N-dealkylation sites (N-methyl/N-ethyl adjacent to an activating group) is 1. The molecule has 2 unspecified atom stereocenters. The second-order valence-electron chi connectivity index (χ2n) is 8.34. The Balaban J connectivity index is 1.84. The summed E-state index contributed by atoms with van der Waals surface area (Å²) < 4.78 is 43.8. The summed E-state index contributed by atoms with van der Waals surface area (Å²) in [4.78, 5) is 36.6. The van der Waals surface area contributed by atoms with E-state index >= 15 is 0 Å². The van der Waals surface area contributed by atoms with E-state index in [9.17, 15) is 22.4 Å². The van der Waals surface area contributed by atoms with E-state index in [2.05, 4.69) is 15.6 Å². The van der Waals surface area contributed by atoms with E-state index in [4.69, 9.17) is 21.3 Å². The second-order valence-corrected chi connectivity index (χ2v) is 11.9. The third-order valence-corrected chi connectivity index (χ3v) is 8.70. The molecule has 4 rings (SSSR count). The first-order valence-electron chi connectivity index (χ1n) is 11.4. The highest BCUT2D eigenvalue weighted by atomic mass is 35.5. The van der Waals surface area contributed by atoms with Crippen molar-refractivity contribution in [3.63, 3.8) is 0 Å². The minimum atomic E-state index is -3.42. The van der Waals surface area contributed by atoms with Crippen LogP contribution < -0.4 is 10.6 Å². The fourth-order valence-corrected chi connectivity index (χ4v) is 6.59. The summed E-state index contributed by atoms with van der Waals surface area (Å²) in [6.45, 7) is 1.84. The highest BCUT2D eigenvalue weighted by Crippen LogP contribution is 2.37. The lowest BCUT2D eigenvalue weighted by Crippen LogP contribution is -2.56. The number of aromatic nitrogens is 1. The highest BCUT2D eigenvalue weighted by molar-refractivity contribution is 7.91. The van der Waals surface area contributed by atoms with Crippen molar-refractivity contribution in [2.45, 2.75) is 19.0 Å². The molecule has 0 bridgehead atoms.